The number of benzene rings is 1. The Morgan fingerprint density at radius 2 is 1.02 bits per heavy atom. The number of halogens is 3. The van der Waals surface area contributed by atoms with Gasteiger partial charge in [0.05, 0.1) is 5.56 Å². The van der Waals surface area contributed by atoms with Crippen LogP contribution in [0.2, 0.25) is 0 Å². The molecule has 0 aliphatic carbocycles. The summed E-state index contributed by atoms with van der Waals surface area (Å²) >= 11 is 0. The number of nitrogens with zero attached hydrogens (tertiary/aromatic N) is 1. The molecular formula is C58H89F3N4O18. The van der Waals surface area contributed by atoms with Crippen molar-refractivity contribution in [3.63, 3.8) is 0 Å². The van der Waals surface area contributed by atoms with E-state index in [0.717, 1.165) is 79.5 Å². The van der Waals surface area contributed by atoms with Gasteiger partial charge in [-0.15, -0.1) is 0 Å². The van der Waals surface area contributed by atoms with Gasteiger partial charge in [0.2, 0.25) is 11.8 Å². The normalized spacial score (nSPS) is 19.1. The zero-order valence-electron chi connectivity index (χ0n) is 48.3. The van der Waals surface area contributed by atoms with Gasteiger partial charge in [-0.3, -0.25) is 47.9 Å². The minimum Gasteiger partial charge on any atom is -0.455 e. The van der Waals surface area contributed by atoms with E-state index in [4.69, 9.17) is 37.9 Å². The van der Waals surface area contributed by atoms with Crippen molar-refractivity contribution in [1.82, 2.24) is 20.9 Å². The number of hydrogen-bond donors (Lipinski definition) is 3. The van der Waals surface area contributed by atoms with Crippen LogP contribution in [0.15, 0.2) is 48.6 Å². The fourth-order valence-corrected chi connectivity index (χ4v) is 8.52. The van der Waals surface area contributed by atoms with Crippen molar-refractivity contribution in [3.8, 4) is 0 Å². The van der Waals surface area contributed by atoms with Crippen molar-refractivity contribution in [3.05, 3.63) is 59.7 Å². The van der Waals surface area contributed by atoms with E-state index in [1.165, 1.54) is 43.2 Å². The summed E-state index contributed by atoms with van der Waals surface area (Å²) in [5.74, 6) is -6.97. The molecule has 0 saturated carbocycles. The standard InChI is InChI=1S/C32H43F3N2O9.C24H38N2O9.2CH4/c1-7-19(2)14-15-26(44-20(3)38)27(45-21(4)39)28(46-22(5)40)29(43-6)30(41)36-25-13-8-9-16-37(31(25)42)18-23-11-10-12-24(17-23)32(33,34)35;1-7-14(2)11-12-19(33-15(3)27)20(34-16(4)28)21(35-17(5)29)22(32-6)24(31)26-18-10-8-9-13-25-23(18)30;;/h10-12,14-15,17,19,25-29H,7-9,13,16,18H2,1-6H3,(H,36,41);11-12,14,18-22H,7-10,13H2,1-6H3,(H,25,30)(H,26,31);2*1H4/b15-14+;12-11+;;/t19?,25-,26+,27-,28+,29+;14?,18-,19+,20-,21+,22+;;/m00../s1. The second-order valence-electron chi connectivity index (χ2n) is 19.7. The number of hydrogen-bond acceptors (Lipinski definition) is 18. The minimum atomic E-state index is -4.55. The Balaban J connectivity index is 0.00000164. The predicted molar refractivity (Wildman–Crippen MR) is 297 cm³/mol. The molecule has 83 heavy (non-hydrogen) atoms. The van der Waals surface area contributed by atoms with Gasteiger partial charge < -0.3 is 58.7 Å². The predicted octanol–water partition coefficient (Wildman–Crippen LogP) is 6.57. The van der Waals surface area contributed by atoms with Crippen LogP contribution in [-0.2, 0) is 98.6 Å². The quantitative estimate of drug-likeness (QED) is 0.0502. The molecule has 0 bridgehead atoms. The highest BCUT2D eigenvalue weighted by Crippen LogP contribution is 2.30. The maximum atomic E-state index is 13.7. The largest absolute Gasteiger partial charge is 0.455 e. The summed E-state index contributed by atoms with van der Waals surface area (Å²) in [4.78, 5) is 126. The average Bonchev–Trinajstić information content (AvgIpc) is 3.79. The number of alkyl halides is 3. The van der Waals surface area contributed by atoms with Crippen molar-refractivity contribution in [2.45, 2.75) is 209 Å². The molecule has 2 aliphatic heterocycles. The van der Waals surface area contributed by atoms with Crippen LogP contribution in [0.3, 0.4) is 0 Å². The number of carbonyl (C=O) groups excluding carboxylic acids is 10. The van der Waals surface area contributed by atoms with Crippen LogP contribution in [0.25, 0.3) is 0 Å². The summed E-state index contributed by atoms with van der Waals surface area (Å²) in [6.07, 6.45) is -4.93. The van der Waals surface area contributed by atoms with E-state index in [9.17, 15) is 61.1 Å². The molecule has 3 rings (SSSR count). The van der Waals surface area contributed by atoms with Crippen LogP contribution in [0.4, 0.5) is 13.2 Å². The smallest absolute Gasteiger partial charge is 0.416 e. The van der Waals surface area contributed by atoms with Crippen LogP contribution >= 0.6 is 0 Å². The lowest BCUT2D eigenvalue weighted by Crippen LogP contribution is -2.58. The minimum absolute atomic E-state index is 0. The maximum absolute atomic E-state index is 13.7. The molecule has 0 aromatic heterocycles. The number of amides is 4. The van der Waals surface area contributed by atoms with Crippen LogP contribution in [-0.4, -0.2) is 153 Å². The summed E-state index contributed by atoms with van der Waals surface area (Å²) in [5, 5.41) is 7.97. The number of likely N-dealkylation sites (tertiary alicyclic amines) is 1. The van der Waals surface area contributed by atoms with Crippen molar-refractivity contribution in [2.75, 3.05) is 27.3 Å². The molecular weight excluding hydrogens is 1100 g/mol. The molecule has 2 saturated heterocycles. The molecule has 2 unspecified atom stereocenters. The van der Waals surface area contributed by atoms with E-state index >= 15 is 0 Å². The van der Waals surface area contributed by atoms with E-state index in [2.05, 4.69) is 16.0 Å². The highest BCUT2D eigenvalue weighted by molar-refractivity contribution is 5.91. The van der Waals surface area contributed by atoms with Crippen molar-refractivity contribution in [1.29, 1.82) is 0 Å². The Hall–Kier alpha value is -6.89. The first-order chi connectivity index (χ1) is 38.1. The lowest BCUT2D eigenvalue weighted by molar-refractivity contribution is -0.192. The van der Waals surface area contributed by atoms with E-state index in [1.807, 2.05) is 27.7 Å². The third-order valence-electron chi connectivity index (χ3n) is 12.9. The van der Waals surface area contributed by atoms with Gasteiger partial charge in [0.25, 0.3) is 11.8 Å². The highest BCUT2D eigenvalue weighted by atomic mass is 19.4. The first-order valence-corrected chi connectivity index (χ1v) is 26.9. The average molecular weight is 1190 g/mol. The molecule has 1 aromatic rings. The summed E-state index contributed by atoms with van der Waals surface area (Å²) in [6.45, 7) is 15.1. The maximum Gasteiger partial charge on any atom is 0.416 e. The van der Waals surface area contributed by atoms with Crippen LogP contribution < -0.4 is 16.0 Å². The molecule has 2 heterocycles. The zero-order valence-corrected chi connectivity index (χ0v) is 48.3. The second kappa shape index (κ2) is 38.1. The molecule has 470 valence electrons. The number of esters is 6. The topological polar surface area (TPSA) is 284 Å². The number of carbonyl (C=O) groups is 10. The van der Waals surface area contributed by atoms with Gasteiger partial charge in [-0.25, -0.2) is 0 Å². The Morgan fingerprint density at radius 1 is 0.614 bits per heavy atom. The molecule has 1 aromatic carbocycles. The third-order valence-corrected chi connectivity index (χ3v) is 12.9. The molecule has 4 amide bonds. The van der Waals surface area contributed by atoms with Crippen molar-refractivity contribution < 1.29 is 99.0 Å². The summed E-state index contributed by atoms with van der Waals surface area (Å²) in [5.41, 5.74) is -0.573. The fraction of sp³-hybridized carbons (Fsp3) is 0.655. The summed E-state index contributed by atoms with van der Waals surface area (Å²) in [7, 11) is 2.37. The summed E-state index contributed by atoms with van der Waals surface area (Å²) in [6, 6.07) is 2.77. The van der Waals surface area contributed by atoms with Gasteiger partial charge in [0.1, 0.15) is 12.1 Å². The molecule has 12 atom stereocenters. The number of methoxy groups -OCH3 is 2. The molecule has 25 heteroatoms. The first kappa shape index (κ1) is 76.1. The number of nitrogens with one attached hydrogen (secondary N) is 3. The van der Waals surface area contributed by atoms with Crippen LogP contribution in [0, 0.1) is 11.8 Å². The number of rotatable bonds is 26. The van der Waals surface area contributed by atoms with Crippen LogP contribution in [0.1, 0.15) is 147 Å². The number of ether oxygens (including phenoxy) is 8. The number of allylic oxidation sites excluding steroid dienone is 2. The van der Waals surface area contributed by atoms with Gasteiger partial charge in [-0.1, -0.05) is 79.7 Å². The van der Waals surface area contributed by atoms with Crippen LogP contribution in [0.5, 0.6) is 0 Å². The van der Waals surface area contributed by atoms with Gasteiger partial charge in [0.15, 0.2) is 48.8 Å². The van der Waals surface area contributed by atoms with Gasteiger partial charge in [-0.2, -0.15) is 13.2 Å². The highest BCUT2D eigenvalue weighted by Gasteiger charge is 2.47. The molecule has 2 fully saturated rings. The molecule has 0 spiro atoms. The van der Waals surface area contributed by atoms with Crippen molar-refractivity contribution >= 4 is 59.4 Å². The van der Waals surface area contributed by atoms with E-state index in [1.54, 1.807) is 12.2 Å². The molecule has 0 radical (unpaired) electrons. The monoisotopic (exact) mass is 1190 g/mol. The fourth-order valence-electron chi connectivity index (χ4n) is 8.52. The third kappa shape index (κ3) is 26.9. The second-order valence-corrected chi connectivity index (χ2v) is 19.7. The SMILES string of the molecule is C.C.CCC(C)/C=C/[C@@H](OC(C)=O)[C@H](OC(C)=O)[C@@H](OC(C)=O)[C@@H](OC)C(=O)N[C@H]1CCCCN(Cc2cccc(C(F)(F)F)c2)C1=O.CCC(C)/C=C/[C@@H](OC(C)=O)[C@H](OC(C)=O)[C@@H](OC(C)=O)[C@@H](OC)C(=O)N[C@H]1CCCCNC1=O. The molecule has 3 N–H and O–H groups in total. The lowest BCUT2D eigenvalue weighted by atomic mass is 9.98. The van der Waals surface area contributed by atoms with E-state index in [0.29, 0.717) is 25.8 Å². The Kier molecular flexibility index (Phi) is 34.9. The zero-order chi connectivity index (χ0) is 61.1. The van der Waals surface area contributed by atoms with Gasteiger partial charge >= 0.3 is 42.0 Å². The van der Waals surface area contributed by atoms with E-state index in [-0.39, 0.29) is 57.7 Å². The first-order valence-electron chi connectivity index (χ1n) is 26.9. The van der Waals surface area contributed by atoms with Gasteiger partial charge in [0, 0.05) is 75.4 Å². The molecule has 2 aliphatic rings. The summed E-state index contributed by atoms with van der Waals surface area (Å²) < 4.78 is 83.1. The Morgan fingerprint density at radius 3 is 1.43 bits per heavy atom. The Labute approximate surface area is 485 Å². The lowest BCUT2D eigenvalue weighted by Gasteiger charge is -2.34. The Bertz CT molecular complexity index is 2350. The molecule has 22 nitrogen and oxygen atoms in total. The van der Waals surface area contributed by atoms with Gasteiger partial charge in [-0.05, 0) is 80.2 Å². The van der Waals surface area contributed by atoms with E-state index < -0.39 is 126 Å². The van der Waals surface area contributed by atoms with Crippen molar-refractivity contribution in [2.24, 2.45) is 11.8 Å².